The summed E-state index contributed by atoms with van der Waals surface area (Å²) in [6, 6.07) is 13.0. The Hall–Kier alpha value is -2.94. The summed E-state index contributed by atoms with van der Waals surface area (Å²) >= 11 is 6.04. The third kappa shape index (κ3) is 5.03. The van der Waals surface area contributed by atoms with Crippen molar-refractivity contribution in [2.45, 2.75) is 25.9 Å². The van der Waals surface area contributed by atoms with Gasteiger partial charge < -0.3 is 8.94 Å². The lowest BCUT2D eigenvalue weighted by Crippen LogP contribution is -2.49. The number of hydrogen-bond donors (Lipinski definition) is 0. The average molecular weight is 468 g/mol. The van der Waals surface area contributed by atoms with E-state index in [2.05, 4.69) is 15.0 Å². The predicted molar refractivity (Wildman–Crippen MR) is 124 cm³/mol. The summed E-state index contributed by atoms with van der Waals surface area (Å²) in [5.41, 5.74) is 2.76. The number of nitrogens with zero attached hydrogens (tertiary/aromatic N) is 5. The number of rotatable bonds is 6. The molecule has 0 N–H and O–H groups in total. The molecule has 4 heterocycles. The molecular formula is C24H26ClN5O3. The molecule has 5 rings (SSSR count). The fourth-order valence-corrected chi connectivity index (χ4v) is 4.48. The maximum Gasteiger partial charge on any atom is 0.257 e. The van der Waals surface area contributed by atoms with Crippen LogP contribution in [0.5, 0.6) is 0 Å². The van der Waals surface area contributed by atoms with Crippen LogP contribution in [0.4, 0.5) is 0 Å². The van der Waals surface area contributed by atoms with Crippen LogP contribution in [0, 0.1) is 6.92 Å². The van der Waals surface area contributed by atoms with Crippen LogP contribution in [0.1, 0.15) is 35.2 Å². The molecule has 0 bridgehead atoms. The van der Waals surface area contributed by atoms with Crippen molar-refractivity contribution in [3.63, 3.8) is 0 Å². The molecule has 2 aliphatic heterocycles. The van der Waals surface area contributed by atoms with E-state index in [-0.39, 0.29) is 11.9 Å². The van der Waals surface area contributed by atoms with Gasteiger partial charge in [0.1, 0.15) is 17.6 Å². The number of aryl methyl sites for hydroxylation is 1. The zero-order valence-corrected chi connectivity index (χ0v) is 19.2. The molecule has 0 radical (unpaired) electrons. The van der Waals surface area contributed by atoms with E-state index in [1.165, 1.54) is 0 Å². The molecule has 0 spiro atoms. The fourth-order valence-electron chi connectivity index (χ4n) is 4.35. The second-order valence-electron chi connectivity index (χ2n) is 8.51. The molecule has 0 saturated carbocycles. The molecule has 1 fully saturated rings. The van der Waals surface area contributed by atoms with Gasteiger partial charge in [-0.3, -0.25) is 14.6 Å². The SMILES string of the molecule is Cc1cc(CN2CCN(CC(=O)N3N=C(c4ccc(Cl)cc4)CC3c3ccco3)CC2)no1. The van der Waals surface area contributed by atoms with Gasteiger partial charge in [-0.15, -0.1) is 0 Å². The van der Waals surface area contributed by atoms with Gasteiger partial charge in [0.15, 0.2) is 0 Å². The minimum absolute atomic E-state index is 0.0269. The molecule has 8 nitrogen and oxygen atoms in total. The van der Waals surface area contributed by atoms with Crippen LogP contribution in [0.3, 0.4) is 0 Å². The lowest BCUT2D eigenvalue weighted by atomic mass is 10.0. The number of piperazine rings is 1. The minimum atomic E-state index is -0.241. The lowest BCUT2D eigenvalue weighted by molar-refractivity contribution is -0.135. The van der Waals surface area contributed by atoms with Gasteiger partial charge in [0, 0.05) is 50.2 Å². The third-order valence-electron chi connectivity index (χ3n) is 6.10. The van der Waals surface area contributed by atoms with Crippen LogP contribution in [0.15, 0.2) is 62.8 Å². The van der Waals surface area contributed by atoms with Gasteiger partial charge in [0.2, 0.25) is 0 Å². The van der Waals surface area contributed by atoms with E-state index in [4.69, 9.17) is 25.6 Å². The van der Waals surface area contributed by atoms with Crippen molar-refractivity contribution < 1.29 is 13.7 Å². The Labute approximate surface area is 197 Å². The van der Waals surface area contributed by atoms with Crippen molar-refractivity contribution in [2.75, 3.05) is 32.7 Å². The van der Waals surface area contributed by atoms with Crippen LogP contribution in [0.2, 0.25) is 5.02 Å². The average Bonchev–Trinajstić information content (AvgIpc) is 3.56. The van der Waals surface area contributed by atoms with E-state index in [9.17, 15) is 4.79 Å². The number of carbonyl (C=O) groups is 1. The van der Waals surface area contributed by atoms with Crippen molar-refractivity contribution in [1.29, 1.82) is 0 Å². The second-order valence-corrected chi connectivity index (χ2v) is 8.94. The predicted octanol–water partition coefficient (Wildman–Crippen LogP) is 3.72. The van der Waals surface area contributed by atoms with E-state index in [0.29, 0.717) is 18.0 Å². The number of hydrazone groups is 1. The largest absolute Gasteiger partial charge is 0.467 e. The normalized spacial score (nSPS) is 19.8. The molecule has 1 atom stereocenters. The van der Waals surface area contributed by atoms with Gasteiger partial charge >= 0.3 is 0 Å². The van der Waals surface area contributed by atoms with E-state index in [1.54, 1.807) is 11.3 Å². The van der Waals surface area contributed by atoms with Crippen LogP contribution in [-0.2, 0) is 11.3 Å². The van der Waals surface area contributed by atoms with Crippen molar-refractivity contribution >= 4 is 23.2 Å². The monoisotopic (exact) mass is 467 g/mol. The number of amides is 1. The Morgan fingerprint density at radius 3 is 2.55 bits per heavy atom. The Morgan fingerprint density at radius 2 is 1.88 bits per heavy atom. The molecule has 1 amide bonds. The van der Waals surface area contributed by atoms with E-state index < -0.39 is 0 Å². The summed E-state index contributed by atoms with van der Waals surface area (Å²) in [5, 5.41) is 11.0. The van der Waals surface area contributed by atoms with E-state index >= 15 is 0 Å². The first-order valence-electron chi connectivity index (χ1n) is 11.1. The molecule has 172 valence electrons. The van der Waals surface area contributed by atoms with Crippen molar-refractivity contribution in [1.82, 2.24) is 20.0 Å². The number of carbonyl (C=O) groups excluding carboxylic acids is 1. The van der Waals surface area contributed by atoms with Crippen LogP contribution >= 0.6 is 11.6 Å². The van der Waals surface area contributed by atoms with Crippen molar-refractivity contribution in [3.8, 4) is 0 Å². The first-order chi connectivity index (χ1) is 16.0. The molecule has 3 aromatic rings. The number of furan rings is 1. The van der Waals surface area contributed by atoms with E-state index in [0.717, 1.165) is 61.2 Å². The lowest BCUT2D eigenvalue weighted by Gasteiger charge is -2.34. The topological polar surface area (TPSA) is 78.3 Å². The van der Waals surface area contributed by atoms with Gasteiger partial charge in [-0.25, -0.2) is 5.01 Å². The Balaban J connectivity index is 1.23. The highest BCUT2D eigenvalue weighted by Gasteiger charge is 2.35. The quantitative estimate of drug-likeness (QED) is 0.549. The maximum atomic E-state index is 13.3. The maximum absolute atomic E-state index is 13.3. The minimum Gasteiger partial charge on any atom is -0.467 e. The van der Waals surface area contributed by atoms with Crippen LogP contribution in [-0.4, -0.2) is 64.3 Å². The summed E-state index contributed by atoms with van der Waals surface area (Å²) in [5.74, 6) is 1.54. The van der Waals surface area contributed by atoms with Gasteiger partial charge in [-0.05, 0) is 36.8 Å². The van der Waals surface area contributed by atoms with E-state index in [1.807, 2.05) is 49.4 Å². The number of aromatic nitrogens is 1. The second kappa shape index (κ2) is 9.51. The molecule has 33 heavy (non-hydrogen) atoms. The molecule has 9 heteroatoms. The summed E-state index contributed by atoms with van der Waals surface area (Å²) in [7, 11) is 0. The van der Waals surface area contributed by atoms with Gasteiger partial charge in [0.25, 0.3) is 5.91 Å². The molecule has 1 saturated heterocycles. The molecule has 1 unspecified atom stereocenters. The summed E-state index contributed by atoms with van der Waals surface area (Å²) < 4.78 is 10.8. The molecule has 0 aliphatic carbocycles. The highest BCUT2D eigenvalue weighted by atomic mass is 35.5. The Kier molecular flexibility index (Phi) is 6.30. The summed E-state index contributed by atoms with van der Waals surface area (Å²) in [4.78, 5) is 17.8. The number of hydrogen-bond acceptors (Lipinski definition) is 7. The molecule has 2 aromatic heterocycles. The zero-order chi connectivity index (χ0) is 22.8. The van der Waals surface area contributed by atoms with Gasteiger partial charge in [0.05, 0.1) is 24.2 Å². The first kappa shape index (κ1) is 21.9. The van der Waals surface area contributed by atoms with Gasteiger partial charge in [-0.1, -0.05) is 28.9 Å². The van der Waals surface area contributed by atoms with Crippen LogP contribution < -0.4 is 0 Å². The van der Waals surface area contributed by atoms with Crippen molar-refractivity contribution in [3.05, 3.63) is 76.5 Å². The number of halogens is 1. The standard InChI is InChI=1S/C24H26ClN5O3/c1-17-13-20(27-33-17)15-28-8-10-29(11-9-28)16-24(31)30-22(23-3-2-12-32-23)14-21(26-30)18-4-6-19(25)7-5-18/h2-7,12-13,22H,8-11,14-16H2,1H3. The third-order valence-corrected chi connectivity index (χ3v) is 6.35. The van der Waals surface area contributed by atoms with Gasteiger partial charge in [-0.2, -0.15) is 5.10 Å². The molecular weight excluding hydrogens is 442 g/mol. The zero-order valence-electron chi connectivity index (χ0n) is 18.5. The highest BCUT2D eigenvalue weighted by molar-refractivity contribution is 6.30. The smallest absolute Gasteiger partial charge is 0.257 e. The molecule has 2 aliphatic rings. The Bertz CT molecular complexity index is 1120. The van der Waals surface area contributed by atoms with Crippen LogP contribution in [0.25, 0.3) is 0 Å². The highest BCUT2D eigenvalue weighted by Crippen LogP contribution is 2.33. The molecule has 1 aromatic carbocycles. The fraction of sp³-hybridized carbons (Fsp3) is 0.375. The first-order valence-corrected chi connectivity index (χ1v) is 11.5. The summed E-state index contributed by atoms with van der Waals surface area (Å²) in [6.07, 6.45) is 2.24. The number of benzene rings is 1. The Morgan fingerprint density at radius 1 is 1.12 bits per heavy atom. The summed E-state index contributed by atoms with van der Waals surface area (Å²) in [6.45, 7) is 6.37. The van der Waals surface area contributed by atoms with Crippen molar-refractivity contribution in [2.24, 2.45) is 5.10 Å².